The van der Waals surface area contributed by atoms with E-state index < -0.39 is 0 Å². The molecule has 34 heavy (non-hydrogen) atoms. The molecule has 0 nitrogen and oxygen atoms in total. The van der Waals surface area contributed by atoms with E-state index in [9.17, 15) is 0 Å². The largest absolute Gasteiger partial charge is 0.0616 e. The highest BCUT2D eigenvalue weighted by atomic mass is 14.2. The number of hydrogen-bond acceptors (Lipinski definition) is 0. The maximum atomic E-state index is 2.31. The summed E-state index contributed by atoms with van der Waals surface area (Å²) in [6.07, 6.45) is 0. The normalized spacial score (nSPS) is 12.4. The lowest BCUT2D eigenvalue weighted by Gasteiger charge is -2.22. The molecule has 0 amide bonds. The molecule has 0 atom stereocenters. The minimum absolute atomic E-state index is 0.135. The first-order valence-corrected chi connectivity index (χ1v) is 12.3. The predicted molar refractivity (Wildman–Crippen MR) is 150 cm³/mol. The summed E-state index contributed by atoms with van der Waals surface area (Å²) in [5, 5.41) is 5.23. The Morgan fingerprint density at radius 3 is 0.941 bits per heavy atom. The molecule has 0 heterocycles. The van der Waals surface area contributed by atoms with Crippen LogP contribution in [0, 0.1) is 0 Å². The van der Waals surface area contributed by atoms with E-state index in [0.29, 0.717) is 0 Å². The third-order valence-corrected chi connectivity index (χ3v) is 7.01. The van der Waals surface area contributed by atoms with Crippen LogP contribution in [-0.4, -0.2) is 0 Å². The molecule has 0 aliphatic rings. The predicted octanol–water partition coefficient (Wildman–Crippen LogP) is 9.92. The van der Waals surface area contributed by atoms with E-state index in [-0.39, 0.29) is 10.8 Å². The summed E-state index contributed by atoms with van der Waals surface area (Å²) < 4.78 is 0. The van der Waals surface area contributed by atoms with Crippen molar-refractivity contribution in [1.29, 1.82) is 0 Å². The van der Waals surface area contributed by atoms with Gasteiger partial charge in [0.2, 0.25) is 0 Å². The van der Waals surface area contributed by atoms with E-state index in [1.54, 1.807) is 0 Å². The lowest BCUT2D eigenvalue weighted by Crippen LogP contribution is -2.10. The van der Waals surface area contributed by atoms with Crippen molar-refractivity contribution in [1.82, 2.24) is 0 Å². The molecule has 0 bridgehead atoms. The van der Waals surface area contributed by atoms with Gasteiger partial charge in [0.25, 0.3) is 0 Å². The summed E-state index contributed by atoms with van der Waals surface area (Å²) in [7, 11) is 0. The van der Waals surface area contributed by atoms with Crippen LogP contribution < -0.4 is 0 Å². The summed E-state index contributed by atoms with van der Waals surface area (Å²) in [4.78, 5) is 0. The molecular formula is C34H34. The second-order valence-electron chi connectivity index (χ2n) is 11.5. The fourth-order valence-corrected chi connectivity index (χ4v) is 5.01. The molecule has 0 saturated heterocycles. The summed E-state index contributed by atoms with van der Waals surface area (Å²) >= 11 is 0. The lowest BCUT2D eigenvalue weighted by molar-refractivity contribution is 0.590. The van der Waals surface area contributed by atoms with Gasteiger partial charge >= 0.3 is 0 Å². The molecule has 0 saturated carbocycles. The third-order valence-electron chi connectivity index (χ3n) is 7.01. The summed E-state index contributed by atoms with van der Waals surface area (Å²) in [6.45, 7) is 13.6. The molecule has 5 aromatic rings. The van der Waals surface area contributed by atoms with Crippen LogP contribution in [0.4, 0.5) is 0 Å². The van der Waals surface area contributed by atoms with Crippen molar-refractivity contribution in [2.75, 3.05) is 0 Å². The molecule has 0 aliphatic heterocycles. The Hall–Kier alpha value is -3.38. The van der Waals surface area contributed by atoms with Crippen molar-refractivity contribution in [3.05, 3.63) is 108 Å². The second kappa shape index (κ2) is 8.13. The molecule has 0 N–H and O–H groups in total. The standard InChI is InChI=1S/C34H34/c1-33(2,3)25-19-15-23(16-20-25)31-29-13-9-7-11-27(29)28-12-8-10-14-30(28)32(31)24-17-21-26(22-18-24)34(4,5)6/h7-22H,1-6H3. The van der Waals surface area contributed by atoms with Gasteiger partial charge in [-0.25, -0.2) is 0 Å². The fraction of sp³-hybridized carbons (Fsp3) is 0.235. The van der Waals surface area contributed by atoms with E-state index in [4.69, 9.17) is 0 Å². The summed E-state index contributed by atoms with van der Waals surface area (Å²) in [6, 6.07) is 36.1. The first kappa shape index (κ1) is 22.4. The Labute approximate surface area is 204 Å². The Morgan fingerprint density at radius 1 is 0.353 bits per heavy atom. The quantitative estimate of drug-likeness (QED) is 0.239. The van der Waals surface area contributed by atoms with E-state index in [1.807, 2.05) is 0 Å². The molecule has 0 unspecified atom stereocenters. The average molecular weight is 443 g/mol. The molecule has 0 aliphatic carbocycles. The number of fused-ring (bicyclic) bond motifs is 3. The van der Waals surface area contributed by atoms with Gasteiger partial charge in [0.15, 0.2) is 0 Å². The molecule has 0 heteroatoms. The zero-order valence-electron chi connectivity index (χ0n) is 21.2. The van der Waals surface area contributed by atoms with Gasteiger partial charge in [0.1, 0.15) is 0 Å². The molecule has 0 spiro atoms. The monoisotopic (exact) mass is 442 g/mol. The smallest absolute Gasteiger partial charge is 0.00203 e. The summed E-state index contributed by atoms with van der Waals surface area (Å²) in [5.41, 5.74) is 8.16. The van der Waals surface area contributed by atoms with Crippen LogP contribution in [-0.2, 0) is 10.8 Å². The van der Waals surface area contributed by atoms with Crippen molar-refractivity contribution in [3.8, 4) is 22.3 Å². The van der Waals surface area contributed by atoms with Crippen molar-refractivity contribution >= 4 is 21.5 Å². The Balaban J connectivity index is 1.86. The zero-order valence-corrected chi connectivity index (χ0v) is 21.2. The molecule has 0 fully saturated rings. The van der Waals surface area contributed by atoms with Gasteiger partial charge in [0, 0.05) is 0 Å². The summed E-state index contributed by atoms with van der Waals surface area (Å²) in [5.74, 6) is 0. The highest BCUT2D eigenvalue weighted by Gasteiger charge is 2.20. The Bertz CT molecular complexity index is 1350. The highest BCUT2D eigenvalue weighted by molar-refractivity contribution is 6.21. The van der Waals surface area contributed by atoms with Crippen LogP contribution in [0.15, 0.2) is 97.1 Å². The zero-order chi connectivity index (χ0) is 24.1. The lowest BCUT2D eigenvalue weighted by atomic mass is 9.82. The van der Waals surface area contributed by atoms with Gasteiger partial charge in [-0.2, -0.15) is 0 Å². The van der Waals surface area contributed by atoms with Gasteiger partial charge in [0.05, 0.1) is 0 Å². The minimum Gasteiger partial charge on any atom is -0.0616 e. The molecule has 5 aromatic carbocycles. The SMILES string of the molecule is CC(C)(C)c1ccc(-c2c(-c3ccc(C(C)(C)C)cc3)c3ccccc3c3ccccc23)cc1. The topological polar surface area (TPSA) is 0 Å². The molecular weight excluding hydrogens is 408 g/mol. The van der Waals surface area contributed by atoms with Crippen molar-refractivity contribution in [2.24, 2.45) is 0 Å². The van der Waals surface area contributed by atoms with E-state index in [0.717, 1.165) is 0 Å². The first-order valence-electron chi connectivity index (χ1n) is 12.3. The van der Waals surface area contributed by atoms with Crippen LogP contribution >= 0.6 is 0 Å². The van der Waals surface area contributed by atoms with E-state index in [2.05, 4.69) is 139 Å². The van der Waals surface area contributed by atoms with Gasteiger partial charge in [-0.15, -0.1) is 0 Å². The fourth-order valence-electron chi connectivity index (χ4n) is 5.01. The highest BCUT2D eigenvalue weighted by Crippen LogP contribution is 2.45. The van der Waals surface area contributed by atoms with Crippen LogP contribution in [0.1, 0.15) is 52.7 Å². The molecule has 0 aromatic heterocycles. The van der Waals surface area contributed by atoms with E-state index >= 15 is 0 Å². The van der Waals surface area contributed by atoms with Crippen molar-refractivity contribution < 1.29 is 0 Å². The second-order valence-corrected chi connectivity index (χ2v) is 11.5. The molecule has 0 radical (unpaired) electrons. The van der Waals surface area contributed by atoms with Crippen LogP contribution in [0.2, 0.25) is 0 Å². The molecule has 5 rings (SSSR count). The first-order chi connectivity index (χ1) is 16.1. The van der Waals surface area contributed by atoms with Gasteiger partial charge in [-0.1, -0.05) is 139 Å². The molecule has 170 valence electrons. The van der Waals surface area contributed by atoms with Crippen LogP contribution in [0.3, 0.4) is 0 Å². The Kier molecular flexibility index (Phi) is 5.36. The van der Waals surface area contributed by atoms with Crippen molar-refractivity contribution in [2.45, 2.75) is 52.4 Å². The number of hydrogen-bond donors (Lipinski definition) is 0. The average Bonchev–Trinajstić information content (AvgIpc) is 2.82. The van der Waals surface area contributed by atoms with Crippen molar-refractivity contribution in [3.63, 3.8) is 0 Å². The Morgan fingerprint density at radius 2 is 0.647 bits per heavy atom. The van der Waals surface area contributed by atoms with Gasteiger partial charge in [-0.05, 0) is 65.8 Å². The maximum Gasteiger partial charge on any atom is -0.00203 e. The van der Waals surface area contributed by atoms with Gasteiger partial charge < -0.3 is 0 Å². The van der Waals surface area contributed by atoms with Crippen LogP contribution in [0.5, 0.6) is 0 Å². The number of rotatable bonds is 2. The van der Waals surface area contributed by atoms with Crippen LogP contribution in [0.25, 0.3) is 43.8 Å². The minimum atomic E-state index is 0.135. The van der Waals surface area contributed by atoms with Gasteiger partial charge in [-0.3, -0.25) is 0 Å². The number of benzene rings is 5. The van der Waals surface area contributed by atoms with E-state index in [1.165, 1.54) is 54.9 Å². The third kappa shape index (κ3) is 3.92. The maximum absolute atomic E-state index is 2.31.